The number of benzene rings is 2. The third-order valence-electron chi connectivity index (χ3n) is 4.57. The van der Waals surface area contributed by atoms with Crippen molar-refractivity contribution in [3.05, 3.63) is 58.1 Å². The maximum atomic E-state index is 12.4. The molecule has 2 aromatic carbocycles. The molecule has 2 aromatic rings. The van der Waals surface area contributed by atoms with Crippen LogP contribution in [-0.2, 0) is 9.53 Å². The predicted octanol–water partition coefficient (Wildman–Crippen LogP) is 3.59. The van der Waals surface area contributed by atoms with Gasteiger partial charge in [-0.1, -0.05) is 12.1 Å². The Balaban J connectivity index is 1.63. The molecule has 1 N–H and O–H groups in total. The predicted molar refractivity (Wildman–Crippen MR) is 107 cm³/mol. The Morgan fingerprint density at radius 1 is 1.16 bits per heavy atom. The minimum absolute atomic E-state index is 0.0190. The lowest BCUT2D eigenvalue weighted by atomic mass is 10.1. The zero-order chi connectivity index (χ0) is 22.4. The molecule has 31 heavy (non-hydrogen) atoms. The highest BCUT2D eigenvalue weighted by Gasteiger charge is 2.24. The second-order valence-corrected chi connectivity index (χ2v) is 6.65. The number of halogens is 2. The van der Waals surface area contributed by atoms with Gasteiger partial charge in [-0.3, -0.25) is 14.9 Å². The summed E-state index contributed by atoms with van der Waals surface area (Å²) < 4.78 is 34.1. The molecule has 0 atom stereocenters. The Labute approximate surface area is 175 Å². The van der Waals surface area contributed by atoms with E-state index in [-0.39, 0.29) is 22.7 Å². The number of nitrogens with one attached hydrogen (secondary N) is 1. The van der Waals surface area contributed by atoms with Gasteiger partial charge < -0.3 is 19.7 Å². The summed E-state index contributed by atoms with van der Waals surface area (Å²) in [6.45, 7) is -2.40. The number of nitro groups is 1. The molecule has 0 unspecified atom stereocenters. The van der Waals surface area contributed by atoms with E-state index in [9.17, 15) is 28.5 Å². The van der Waals surface area contributed by atoms with Gasteiger partial charge in [0, 0.05) is 19.2 Å². The van der Waals surface area contributed by atoms with Gasteiger partial charge in [0.15, 0.2) is 6.61 Å². The first-order valence-electron chi connectivity index (χ1n) is 9.39. The normalized spacial score (nSPS) is 13.2. The van der Waals surface area contributed by atoms with Gasteiger partial charge in [0.25, 0.3) is 11.6 Å². The Morgan fingerprint density at radius 2 is 1.87 bits per heavy atom. The number of alkyl halides is 2. The number of ether oxygens (including phenoxy) is 2. The first-order chi connectivity index (χ1) is 14.8. The van der Waals surface area contributed by atoms with Gasteiger partial charge in [0.2, 0.25) is 0 Å². The number of nitrogens with zero attached hydrogens (tertiary/aromatic N) is 2. The van der Waals surface area contributed by atoms with Gasteiger partial charge in [0.05, 0.1) is 16.2 Å². The molecule has 3 rings (SSSR count). The fraction of sp³-hybridized carbons (Fsp3) is 0.300. The van der Waals surface area contributed by atoms with E-state index in [1.165, 1.54) is 36.4 Å². The molecule has 1 aliphatic rings. The van der Waals surface area contributed by atoms with Crippen LogP contribution in [0.5, 0.6) is 5.75 Å². The zero-order valence-electron chi connectivity index (χ0n) is 16.3. The standard InChI is InChI=1S/C20H19F2N3O6/c21-20(22)31-17-6-2-1-5-14(17)23-18(26)12-30-19(27)13-7-8-15(16(11-13)25(28)29)24-9-3-4-10-24/h1-2,5-8,11,20H,3-4,9-10,12H2,(H,23,26). The molecule has 1 amide bonds. The molecule has 0 aliphatic carbocycles. The van der Waals surface area contributed by atoms with Crippen molar-refractivity contribution in [1.82, 2.24) is 0 Å². The fourth-order valence-electron chi connectivity index (χ4n) is 3.19. The van der Waals surface area contributed by atoms with Crippen molar-refractivity contribution in [1.29, 1.82) is 0 Å². The fourth-order valence-corrected chi connectivity index (χ4v) is 3.19. The third kappa shape index (κ3) is 5.65. The van der Waals surface area contributed by atoms with Crippen LogP contribution < -0.4 is 15.0 Å². The Bertz CT molecular complexity index is 979. The number of hydrogen-bond acceptors (Lipinski definition) is 7. The molecule has 1 saturated heterocycles. The summed E-state index contributed by atoms with van der Waals surface area (Å²) in [7, 11) is 0. The number of esters is 1. The summed E-state index contributed by atoms with van der Waals surface area (Å²) in [5.41, 5.74) is 0.102. The monoisotopic (exact) mass is 435 g/mol. The highest BCUT2D eigenvalue weighted by molar-refractivity contribution is 5.97. The van der Waals surface area contributed by atoms with E-state index in [1.54, 1.807) is 0 Å². The lowest BCUT2D eigenvalue weighted by Crippen LogP contribution is -2.22. The van der Waals surface area contributed by atoms with Crippen molar-refractivity contribution in [3.63, 3.8) is 0 Å². The Kier molecular flexibility index (Phi) is 6.96. The van der Waals surface area contributed by atoms with Crippen LogP contribution in [0.1, 0.15) is 23.2 Å². The van der Waals surface area contributed by atoms with Crippen LogP contribution in [0.3, 0.4) is 0 Å². The number of rotatable bonds is 8. The average molecular weight is 435 g/mol. The van der Waals surface area contributed by atoms with Crippen molar-refractivity contribution >= 4 is 28.9 Å². The molecule has 9 nitrogen and oxygen atoms in total. The van der Waals surface area contributed by atoms with Crippen LogP contribution >= 0.6 is 0 Å². The first-order valence-corrected chi connectivity index (χ1v) is 9.39. The number of carbonyl (C=O) groups is 2. The maximum Gasteiger partial charge on any atom is 0.387 e. The summed E-state index contributed by atoms with van der Waals surface area (Å²) >= 11 is 0. The third-order valence-corrected chi connectivity index (χ3v) is 4.57. The molecule has 0 radical (unpaired) electrons. The van der Waals surface area contributed by atoms with Crippen molar-refractivity contribution in [2.24, 2.45) is 0 Å². The first kappa shape index (κ1) is 21.9. The number of carbonyl (C=O) groups excluding carboxylic acids is 2. The SMILES string of the molecule is O=C(COC(=O)c1ccc(N2CCCC2)c([N+](=O)[O-])c1)Nc1ccccc1OC(F)F. The van der Waals surface area contributed by atoms with Crippen molar-refractivity contribution in [2.45, 2.75) is 19.5 Å². The number of anilines is 2. The van der Waals surface area contributed by atoms with E-state index in [4.69, 9.17) is 4.74 Å². The summed E-state index contributed by atoms with van der Waals surface area (Å²) in [5, 5.41) is 13.7. The highest BCUT2D eigenvalue weighted by atomic mass is 19.3. The van der Waals surface area contributed by atoms with Crippen LogP contribution in [0.4, 0.5) is 25.8 Å². The van der Waals surface area contributed by atoms with Crippen LogP contribution in [0, 0.1) is 10.1 Å². The minimum Gasteiger partial charge on any atom is -0.452 e. The summed E-state index contributed by atoms with van der Waals surface area (Å²) in [4.78, 5) is 37.0. The van der Waals surface area contributed by atoms with Crippen molar-refractivity contribution in [3.8, 4) is 5.75 Å². The van der Waals surface area contributed by atoms with Gasteiger partial charge in [-0.15, -0.1) is 0 Å². The summed E-state index contributed by atoms with van der Waals surface area (Å²) in [6, 6.07) is 9.53. The van der Waals surface area contributed by atoms with Crippen molar-refractivity contribution < 1.29 is 32.8 Å². The van der Waals surface area contributed by atoms with E-state index in [0.717, 1.165) is 18.9 Å². The summed E-state index contributed by atoms with van der Waals surface area (Å²) in [5.74, 6) is -1.96. The number of para-hydroxylation sites is 2. The second kappa shape index (κ2) is 9.83. The van der Waals surface area contributed by atoms with Crippen molar-refractivity contribution in [2.75, 3.05) is 29.9 Å². The zero-order valence-corrected chi connectivity index (χ0v) is 16.3. The van der Waals surface area contributed by atoms with E-state index in [1.807, 2.05) is 4.90 Å². The van der Waals surface area contributed by atoms with E-state index in [2.05, 4.69) is 10.1 Å². The number of hydrogen-bond donors (Lipinski definition) is 1. The lowest BCUT2D eigenvalue weighted by Gasteiger charge is -2.17. The van der Waals surface area contributed by atoms with E-state index < -0.39 is 30.0 Å². The molecule has 164 valence electrons. The van der Waals surface area contributed by atoms with Gasteiger partial charge >= 0.3 is 12.6 Å². The van der Waals surface area contributed by atoms with Gasteiger partial charge in [-0.05, 0) is 37.1 Å². The van der Waals surface area contributed by atoms with Gasteiger partial charge in [-0.2, -0.15) is 8.78 Å². The molecule has 0 bridgehead atoms. The molecular formula is C20H19F2N3O6. The van der Waals surface area contributed by atoms with Crippen LogP contribution in [-0.4, -0.2) is 43.1 Å². The average Bonchev–Trinajstić information content (AvgIpc) is 3.27. The second-order valence-electron chi connectivity index (χ2n) is 6.65. The summed E-state index contributed by atoms with van der Waals surface area (Å²) in [6.07, 6.45) is 1.86. The number of nitro benzene ring substituents is 1. The highest BCUT2D eigenvalue weighted by Crippen LogP contribution is 2.32. The van der Waals surface area contributed by atoms with Crippen LogP contribution in [0.25, 0.3) is 0 Å². The maximum absolute atomic E-state index is 12.4. The minimum atomic E-state index is -3.07. The van der Waals surface area contributed by atoms with E-state index in [0.29, 0.717) is 18.8 Å². The van der Waals surface area contributed by atoms with E-state index >= 15 is 0 Å². The molecule has 0 spiro atoms. The Hall–Kier alpha value is -3.76. The molecule has 0 aromatic heterocycles. The molecule has 1 aliphatic heterocycles. The topological polar surface area (TPSA) is 111 Å². The largest absolute Gasteiger partial charge is 0.452 e. The lowest BCUT2D eigenvalue weighted by molar-refractivity contribution is -0.384. The molecule has 1 fully saturated rings. The molecule has 0 saturated carbocycles. The quantitative estimate of drug-likeness (QED) is 0.383. The van der Waals surface area contributed by atoms with Gasteiger partial charge in [0.1, 0.15) is 11.4 Å². The number of amides is 1. The van der Waals surface area contributed by atoms with Gasteiger partial charge in [-0.25, -0.2) is 4.79 Å². The smallest absolute Gasteiger partial charge is 0.387 e. The molecule has 11 heteroatoms. The molecular weight excluding hydrogens is 416 g/mol. The van der Waals surface area contributed by atoms with Crippen LogP contribution in [0.15, 0.2) is 42.5 Å². The Morgan fingerprint density at radius 3 is 2.55 bits per heavy atom. The van der Waals surface area contributed by atoms with Crippen LogP contribution in [0.2, 0.25) is 0 Å². The molecule has 1 heterocycles.